The van der Waals surface area contributed by atoms with Crippen LogP contribution < -0.4 is 20.1 Å². The van der Waals surface area contributed by atoms with Crippen molar-refractivity contribution < 1.29 is 33.4 Å². The van der Waals surface area contributed by atoms with Crippen molar-refractivity contribution in [2.45, 2.75) is 39.0 Å². The summed E-state index contributed by atoms with van der Waals surface area (Å²) in [6, 6.07) is 18.7. The van der Waals surface area contributed by atoms with Crippen molar-refractivity contribution in [3.63, 3.8) is 0 Å². The van der Waals surface area contributed by atoms with Crippen LogP contribution >= 0.6 is 0 Å². The Hall–Kier alpha value is -4.73. The van der Waals surface area contributed by atoms with E-state index in [9.17, 15) is 19.2 Å². The minimum Gasteiger partial charge on any atom is -0.482 e. The third-order valence-corrected chi connectivity index (χ3v) is 5.14. The van der Waals surface area contributed by atoms with Crippen LogP contribution in [-0.2, 0) is 19.1 Å². The number of carbonyl (C=O) groups is 4. The monoisotopic (exact) mass is 505 g/mol. The molecular formula is C27H27N3O7. The highest BCUT2D eigenvalue weighted by molar-refractivity contribution is 6.00. The van der Waals surface area contributed by atoms with Crippen molar-refractivity contribution in [2.24, 2.45) is 0 Å². The van der Waals surface area contributed by atoms with E-state index in [1.165, 1.54) is 19.2 Å². The summed E-state index contributed by atoms with van der Waals surface area (Å²) in [5, 5.41) is 4.83. The number of nitrogens with one attached hydrogen (secondary N) is 2. The van der Waals surface area contributed by atoms with Gasteiger partial charge in [0.05, 0.1) is 5.69 Å². The van der Waals surface area contributed by atoms with Crippen molar-refractivity contribution in [3.05, 3.63) is 84.2 Å². The molecule has 0 aliphatic heterocycles. The van der Waals surface area contributed by atoms with Crippen molar-refractivity contribution >= 4 is 29.9 Å². The summed E-state index contributed by atoms with van der Waals surface area (Å²) in [6.45, 7) is 4.28. The lowest BCUT2D eigenvalue weighted by Crippen LogP contribution is -2.42. The second kappa shape index (κ2) is 12.8. The standard InChI is InChI=1S/C27H27N3O7/c1-17(30-26(33)23-25(36-19(3)32)22(29-16-31)14-15-28-23)27(34)35-18(2)24(20-10-6-4-7-11-20)37-21-12-8-5-9-13-21/h4-18,24H,1-3H3,(H,30,33)(H,28,29,31)/t17-,18?,24?/m0/s1. The molecule has 0 radical (unpaired) electrons. The number of esters is 2. The van der Waals surface area contributed by atoms with E-state index in [-0.39, 0.29) is 17.1 Å². The number of ether oxygens (including phenoxy) is 3. The van der Waals surface area contributed by atoms with Gasteiger partial charge in [-0.15, -0.1) is 0 Å². The third-order valence-electron chi connectivity index (χ3n) is 5.14. The number of aromatic nitrogens is 1. The summed E-state index contributed by atoms with van der Waals surface area (Å²) in [6.07, 6.45) is 0.291. The molecular weight excluding hydrogens is 478 g/mol. The maximum Gasteiger partial charge on any atom is 0.328 e. The van der Waals surface area contributed by atoms with Crippen LogP contribution in [0.1, 0.15) is 42.9 Å². The maximum absolute atomic E-state index is 12.9. The molecule has 1 heterocycles. The zero-order valence-corrected chi connectivity index (χ0v) is 20.5. The first kappa shape index (κ1) is 26.9. The lowest BCUT2D eigenvalue weighted by molar-refractivity contribution is -0.154. The number of hydrogen-bond acceptors (Lipinski definition) is 8. The van der Waals surface area contributed by atoms with E-state index in [0.29, 0.717) is 12.2 Å². The highest BCUT2D eigenvalue weighted by Gasteiger charge is 2.29. The quantitative estimate of drug-likeness (QED) is 0.299. The molecule has 3 aromatic rings. The third kappa shape index (κ3) is 7.38. The zero-order chi connectivity index (χ0) is 26.8. The number of amides is 2. The topological polar surface area (TPSA) is 133 Å². The van der Waals surface area contributed by atoms with Crippen LogP contribution in [0.5, 0.6) is 11.5 Å². The van der Waals surface area contributed by atoms with Crippen molar-refractivity contribution in [2.75, 3.05) is 5.32 Å². The maximum atomic E-state index is 12.9. The predicted molar refractivity (Wildman–Crippen MR) is 134 cm³/mol. The van der Waals surface area contributed by atoms with Crippen LogP contribution in [0.4, 0.5) is 5.69 Å². The van der Waals surface area contributed by atoms with Crippen molar-refractivity contribution in [1.29, 1.82) is 0 Å². The molecule has 0 aliphatic carbocycles. The number of rotatable bonds is 11. The highest BCUT2D eigenvalue weighted by Crippen LogP contribution is 2.28. The zero-order valence-electron chi connectivity index (χ0n) is 20.5. The van der Waals surface area contributed by atoms with Crippen LogP contribution in [0, 0.1) is 0 Å². The van der Waals surface area contributed by atoms with Crippen LogP contribution in [0.3, 0.4) is 0 Å². The SMILES string of the molecule is CC(=O)Oc1c(NC=O)ccnc1C(=O)N[C@@H](C)C(=O)OC(C)C(Oc1ccccc1)c1ccccc1. The molecule has 10 nitrogen and oxygen atoms in total. The lowest BCUT2D eigenvalue weighted by atomic mass is 10.0. The average molecular weight is 506 g/mol. The first-order valence-corrected chi connectivity index (χ1v) is 11.5. The van der Waals surface area contributed by atoms with Gasteiger partial charge in [0, 0.05) is 13.1 Å². The first-order valence-electron chi connectivity index (χ1n) is 11.5. The van der Waals surface area contributed by atoms with Crippen molar-refractivity contribution in [3.8, 4) is 11.5 Å². The second-order valence-electron chi connectivity index (χ2n) is 7.99. The molecule has 37 heavy (non-hydrogen) atoms. The Morgan fingerprint density at radius 2 is 1.59 bits per heavy atom. The average Bonchev–Trinajstić information content (AvgIpc) is 2.89. The predicted octanol–water partition coefficient (Wildman–Crippen LogP) is 3.45. The normalized spacial score (nSPS) is 12.8. The Labute approximate surface area is 214 Å². The molecule has 2 amide bonds. The Kier molecular flexibility index (Phi) is 9.31. The number of nitrogens with zero attached hydrogens (tertiary/aromatic N) is 1. The molecule has 2 N–H and O–H groups in total. The molecule has 2 unspecified atom stereocenters. The number of benzene rings is 2. The fourth-order valence-corrected chi connectivity index (χ4v) is 3.43. The van der Waals surface area contributed by atoms with Gasteiger partial charge in [-0.3, -0.25) is 14.4 Å². The fraction of sp³-hybridized carbons (Fsp3) is 0.222. The summed E-state index contributed by atoms with van der Waals surface area (Å²) >= 11 is 0. The number of carbonyl (C=O) groups excluding carboxylic acids is 4. The Morgan fingerprint density at radius 3 is 2.22 bits per heavy atom. The van der Waals surface area contributed by atoms with Gasteiger partial charge in [-0.1, -0.05) is 48.5 Å². The van der Waals surface area contributed by atoms with E-state index >= 15 is 0 Å². The summed E-state index contributed by atoms with van der Waals surface area (Å²) in [7, 11) is 0. The fourth-order valence-electron chi connectivity index (χ4n) is 3.43. The van der Waals surface area contributed by atoms with Gasteiger partial charge in [0.1, 0.15) is 17.9 Å². The molecule has 1 aromatic heterocycles. The molecule has 192 valence electrons. The van der Waals surface area contributed by atoms with Crippen LogP contribution in [0.25, 0.3) is 0 Å². The first-order chi connectivity index (χ1) is 17.8. The van der Waals surface area contributed by atoms with Gasteiger partial charge in [-0.2, -0.15) is 0 Å². The van der Waals surface area contributed by atoms with E-state index in [4.69, 9.17) is 14.2 Å². The van der Waals surface area contributed by atoms with E-state index in [1.54, 1.807) is 19.1 Å². The van der Waals surface area contributed by atoms with Crippen LogP contribution in [-0.4, -0.2) is 41.4 Å². The van der Waals surface area contributed by atoms with Crippen LogP contribution in [0.15, 0.2) is 72.9 Å². The smallest absolute Gasteiger partial charge is 0.328 e. The number of para-hydroxylation sites is 1. The molecule has 2 aromatic carbocycles. The second-order valence-corrected chi connectivity index (χ2v) is 7.99. The summed E-state index contributed by atoms with van der Waals surface area (Å²) in [4.78, 5) is 52.1. The summed E-state index contributed by atoms with van der Waals surface area (Å²) in [5.41, 5.74) is 0.584. The van der Waals surface area contributed by atoms with E-state index in [2.05, 4.69) is 15.6 Å². The highest BCUT2D eigenvalue weighted by atomic mass is 16.6. The van der Waals surface area contributed by atoms with Gasteiger partial charge in [0.15, 0.2) is 17.5 Å². The van der Waals surface area contributed by atoms with Gasteiger partial charge in [-0.05, 0) is 37.6 Å². The van der Waals surface area contributed by atoms with Crippen molar-refractivity contribution in [1.82, 2.24) is 10.3 Å². The Morgan fingerprint density at radius 1 is 0.946 bits per heavy atom. The summed E-state index contributed by atoms with van der Waals surface area (Å²) in [5.74, 6) is -1.87. The van der Waals surface area contributed by atoms with E-state index < -0.39 is 36.1 Å². The Bertz CT molecular complexity index is 1240. The minimum absolute atomic E-state index is 0.0676. The molecule has 10 heteroatoms. The van der Waals surface area contributed by atoms with E-state index in [0.717, 1.165) is 12.5 Å². The molecule has 0 fully saturated rings. The molecule has 0 aliphatic rings. The lowest BCUT2D eigenvalue weighted by Gasteiger charge is -2.27. The largest absolute Gasteiger partial charge is 0.482 e. The number of pyridine rings is 1. The molecule has 3 rings (SSSR count). The van der Waals surface area contributed by atoms with Gasteiger partial charge in [0.25, 0.3) is 5.91 Å². The van der Waals surface area contributed by atoms with Gasteiger partial charge >= 0.3 is 11.9 Å². The van der Waals surface area contributed by atoms with Crippen LogP contribution in [0.2, 0.25) is 0 Å². The Balaban J connectivity index is 1.73. The molecule has 0 bridgehead atoms. The molecule has 0 saturated heterocycles. The van der Waals surface area contributed by atoms with Gasteiger partial charge < -0.3 is 24.8 Å². The number of anilines is 1. The number of hydrogen-bond donors (Lipinski definition) is 2. The summed E-state index contributed by atoms with van der Waals surface area (Å²) < 4.78 is 16.9. The van der Waals surface area contributed by atoms with Gasteiger partial charge in [0.2, 0.25) is 6.41 Å². The van der Waals surface area contributed by atoms with E-state index in [1.807, 2.05) is 48.5 Å². The van der Waals surface area contributed by atoms with Gasteiger partial charge in [-0.25, -0.2) is 9.78 Å². The molecule has 0 spiro atoms. The molecule has 3 atom stereocenters. The molecule has 0 saturated carbocycles. The minimum atomic E-state index is -1.09.